The van der Waals surface area contributed by atoms with Crippen LogP contribution in [0.25, 0.3) is 10.2 Å². The number of fused-ring (bicyclic) bond motifs is 1. The van der Waals surface area contributed by atoms with Gasteiger partial charge in [0.05, 0.1) is 26.7 Å². The minimum Gasteiger partial charge on any atom is -0.380 e. The van der Waals surface area contributed by atoms with Gasteiger partial charge in [-0.1, -0.05) is 34.5 Å². The zero-order valence-corrected chi connectivity index (χ0v) is 16.2. The van der Waals surface area contributed by atoms with Crippen molar-refractivity contribution in [2.75, 3.05) is 13.2 Å². The predicted octanol–water partition coefficient (Wildman–Crippen LogP) is 4.99. The smallest absolute Gasteiger partial charge is 0.282 e. The fraction of sp³-hybridized carbons (Fsp3) is 0.250. The van der Waals surface area contributed by atoms with Crippen LogP contribution in [0.15, 0.2) is 29.3 Å². The summed E-state index contributed by atoms with van der Waals surface area (Å²) >= 11 is 14.3. The van der Waals surface area contributed by atoms with Gasteiger partial charge in [-0.05, 0) is 31.2 Å². The molecule has 2 heterocycles. The monoisotopic (exact) mass is 418 g/mol. The zero-order chi connectivity index (χ0) is 18.0. The van der Waals surface area contributed by atoms with Gasteiger partial charge in [-0.2, -0.15) is 4.99 Å². The normalized spacial score (nSPS) is 12.2. The molecule has 3 rings (SSSR count). The van der Waals surface area contributed by atoms with Crippen LogP contribution in [-0.2, 0) is 11.3 Å². The van der Waals surface area contributed by atoms with Crippen LogP contribution < -0.4 is 4.80 Å². The highest BCUT2D eigenvalue weighted by Crippen LogP contribution is 2.31. The second kappa shape index (κ2) is 7.97. The summed E-state index contributed by atoms with van der Waals surface area (Å²) in [5, 5.41) is 0. The van der Waals surface area contributed by atoms with E-state index in [4.69, 9.17) is 27.9 Å². The molecule has 0 aliphatic carbocycles. The lowest BCUT2D eigenvalue weighted by atomic mass is 10.3. The zero-order valence-electron chi connectivity index (χ0n) is 13.1. The van der Waals surface area contributed by atoms with Gasteiger partial charge in [0.2, 0.25) is 0 Å². The summed E-state index contributed by atoms with van der Waals surface area (Å²) in [4.78, 5) is 17.1. The molecule has 3 aromatic rings. The summed E-state index contributed by atoms with van der Waals surface area (Å²) < 4.78 is 22.2. The molecular weight excluding hydrogens is 406 g/mol. The van der Waals surface area contributed by atoms with Gasteiger partial charge in [0.1, 0.15) is 10.2 Å². The number of thiophene rings is 1. The maximum Gasteiger partial charge on any atom is 0.282 e. The summed E-state index contributed by atoms with van der Waals surface area (Å²) in [6.45, 7) is 3.46. The molecule has 0 saturated carbocycles. The first-order chi connectivity index (χ1) is 12.0. The molecule has 2 aromatic heterocycles. The number of hydrogen-bond acceptors (Lipinski definition) is 4. The number of nitrogens with zero attached hydrogens (tertiary/aromatic N) is 2. The highest BCUT2D eigenvalue weighted by molar-refractivity contribution is 7.20. The molecule has 4 nitrogen and oxygen atoms in total. The van der Waals surface area contributed by atoms with E-state index in [-0.39, 0.29) is 11.4 Å². The number of ether oxygens (including phenoxy) is 1. The molecule has 0 unspecified atom stereocenters. The van der Waals surface area contributed by atoms with Crippen LogP contribution in [0.3, 0.4) is 0 Å². The molecule has 0 N–H and O–H groups in total. The van der Waals surface area contributed by atoms with E-state index in [9.17, 15) is 9.18 Å². The number of aromatic nitrogens is 1. The topological polar surface area (TPSA) is 43.6 Å². The molecule has 0 aliphatic heterocycles. The van der Waals surface area contributed by atoms with Crippen molar-refractivity contribution in [1.29, 1.82) is 0 Å². The SMILES string of the molecule is CCOCCn1c(=NC(=O)c2cc(Cl)sc2Cl)sc2cc(F)ccc21. The first-order valence-electron chi connectivity index (χ1n) is 7.40. The van der Waals surface area contributed by atoms with Crippen molar-refractivity contribution in [3.63, 3.8) is 0 Å². The van der Waals surface area contributed by atoms with Crippen LogP contribution in [0.2, 0.25) is 8.67 Å². The van der Waals surface area contributed by atoms with Crippen molar-refractivity contribution in [3.05, 3.63) is 49.1 Å². The summed E-state index contributed by atoms with van der Waals surface area (Å²) in [5.41, 5.74) is 1.06. The average Bonchev–Trinajstić information content (AvgIpc) is 3.07. The largest absolute Gasteiger partial charge is 0.380 e. The lowest BCUT2D eigenvalue weighted by molar-refractivity contribution is 0.0997. The number of amides is 1. The van der Waals surface area contributed by atoms with Crippen molar-refractivity contribution < 1.29 is 13.9 Å². The van der Waals surface area contributed by atoms with Crippen LogP contribution in [-0.4, -0.2) is 23.7 Å². The minimum atomic E-state index is -0.481. The Morgan fingerprint density at radius 1 is 1.32 bits per heavy atom. The van der Waals surface area contributed by atoms with Gasteiger partial charge in [0.25, 0.3) is 5.91 Å². The van der Waals surface area contributed by atoms with Gasteiger partial charge >= 0.3 is 0 Å². The average molecular weight is 419 g/mol. The highest BCUT2D eigenvalue weighted by atomic mass is 35.5. The third-order valence-electron chi connectivity index (χ3n) is 3.39. The Balaban J connectivity index is 2.08. The summed E-state index contributed by atoms with van der Waals surface area (Å²) in [7, 11) is 0. The molecule has 25 heavy (non-hydrogen) atoms. The standard InChI is InChI=1S/C16H13Cl2FN2O2S2/c1-2-23-6-5-21-11-4-3-9(19)7-12(11)24-16(21)20-15(22)10-8-13(17)25-14(10)18/h3-4,7-8H,2,5-6H2,1H3. The molecule has 0 radical (unpaired) electrons. The maximum absolute atomic E-state index is 13.5. The molecule has 0 saturated heterocycles. The van der Waals surface area contributed by atoms with Crippen LogP contribution in [0.1, 0.15) is 17.3 Å². The number of carbonyl (C=O) groups is 1. The van der Waals surface area contributed by atoms with Crippen molar-refractivity contribution in [2.24, 2.45) is 4.99 Å². The van der Waals surface area contributed by atoms with Crippen LogP contribution in [0, 0.1) is 5.82 Å². The lowest BCUT2D eigenvalue weighted by Gasteiger charge is -2.05. The van der Waals surface area contributed by atoms with E-state index in [2.05, 4.69) is 4.99 Å². The second-order valence-corrected chi connectivity index (χ2v) is 8.29. The van der Waals surface area contributed by atoms with Crippen LogP contribution in [0.5, 0.6) is 0 Å². The van der Waals surface area contributed by atoms with Crippen molar-refractivity contribution >= 4 is 62.0 Å². The summed E-state index contributed by atoms with van der Waals surface area (Å²) in [6.07, 6.45) is 0. The Morgan fingerprint density at radius 3 is 2.80 bits per heavy atom. The van der Waals surface area contributed by atoms with Crippen LogP contribution >= 0.6 is 45.9 Å². The molecule has 0 bridgehead atoms. The molecule has 0 aliphatic rings. The Labute approximate surface area is 161 Å². The Hall–Kier alpha value is -1.25. The van der Waals surface area contributed by atoms with E-state index in [1.54, 1.807) is 6.07 Å². The lowest BCUT2D eigenvalue weighted by Crippen LogP contribution is -2.19. The molecule has 0 atom stereocenters. The molecule has 0 fully saturated rings. The summed E-state index contributed by atoms with van der Waals surface area (Å²) in [6, 6.07) is 5.98. The minimum absolute atomic E-state index is 0.261. The first-order valence-corrected chi connectivity index (χ1v) is 9.79. The fourth-order valence-electron chi connectivity index (χ4n) is 2.28. The van der Waals surface area contributed by atoms with Gasteiger partial charge in [-0.25, -0.2) is 4.39 Å². The number of thiazole rings is 1. The maximum atomic E-state index is 13.5. The van der Waals surface area contributed by atoms with E-state index >= 15 is 0 Å². The summed E-state index contributed by atoms with van der Waals surface area (Å²) in [5.74, 6) is -0.818. The van der Waals surface area contributed by atoms with Gasteiger partial charge in [0, 0.05) is 13.2 Å². The highest BCUT2D eigenvalue weighted by Gasteiger charge is 2.15. The quantitative estimate of drug-likeness (QED) is 0.547. The van der Waals surface area contributed by atoms with Crippen LogP contribution in [0.4, 0.5) is 4.39 Å². The van der Waals surface area contributed by atoms with E-state index in [0.717, 1.165) is 16.9 Å². The van der Waals surface area contributed by atoms with Crippen molar-refractivity contribution in [2.45, 2.75) is 13.5 Å². The van der Waals surface area contributed by atoms with E-state index in [1.807, 2.05) is 11.5 Å². The van der Waals surface area contributed by atoms with E-state index < -0.39 is 5.91 Å². The van der Waals surface area contributed by atoms with E-state index in [1.165, 1.54) is 29.5 Å². The van der Waals surface area contributed by atoms with Gasteiger partial charge in [-0.3, -0.25) is 4.79 Å². The molecule has 1 aromatic carbocycles. The fourth-order valence-corrected chi connectivity index (χ4v) is 4.81. The molecule has 0 spiro atoms. The van der Waals surface area contributed by atoms with Crippen molar-refractivity contribution in [1.82, 2.24) is 4.57 Å². The number of halogens is 3. The van der Waals surface area contributed by atoms with Gasteiger partial charge in [-0.15, -0.1) is 11.3 Å². The Kier molecular flexibility index (Phi) is 5.91. The third kappa shape index (κ3) is 4.12. The van der Waals surface area contributed by atoms with Gasteiger partial charge in [0.15, 0.2) is 4.80 Å². The number of hydrogen-bond donors (Lipinski definition) is 0. The molecule has 1 amide bonds. The van der Waals surface area contributed by atoms with E-state index in [0.29, 0.717) is 37.9 Å². The number of carbonyl (C=O) groups excluding carboxylic acids is 1. The Bertz CT molecular complexity index is 994. The Morgan fingerprint density at radius 2 is 2.12 bits per heavy atom. The third-order valence-corrected chi connectivity index (χ3v) is 5.92. The predicted molar refractivity (Wildman–Crippen MR) is 100 cm³/mol. The molecule has 9 heteroatoms. The second-order valence-electron chi connectivity index (χ2n) is 5.00. The van der Waals surface area contributed by atoms with Gasteiger partial charge < -0.3 is 9.30 Å². The number of rotatable bonds is 5. The molecular formula is C16H13Cl2FN2O2S2. The first kappa shape index (κ1) is 18.5. The number of benzene rings is 1. The van der Waals surface area contributed by atoms with Crippen molar-refractivity contribution in [3.8, 4) is 0 Å². The molecule has 132 valence electrons.